The number of carbonyl (C=O) groups excluding carboxylic acids is 1. The summed E-state index contributed by atoms with van der Waals surface area (Å²) >= 11 is 1.55. The van der Waals surface area contributed by atoms with Gasteiger partial charge in [0.2, 0.25) is 0 Å². The minimum absolute atomic E-state index is 0.117. The fourth-order valence-electron chi connectivity index (χ4n) is 2.46. The second-order valence-corrected chi connectivity index (χ2v) is 6.32. The van der Waals surface area contributed by atoms with Gasteiger partial charge in [-0.3, -0.25) is 4.79 Å². The molecular weight excluding hydrogens is 284 g/mol. The maximum Gasteiger partial charge on any atom is 0.271 e. The van der Waals surface area contributed by atoms with Gasteiger partial charge in [-0.1, -0.05) is 30.3 Å². The quantitative estimate of drug-likeness (QED) is 0.944. The number of nitrogens with one attached hydrogen (secondary N) is 1. The zero-order valence-electron chi connectivity index (χ0n) is 12.0. The number of rotatable bonds is 4. The van der Waals surface area contributed by atoms with Crippen LogP contribution in [-0.2, 0) is 4.74 Å². The number of aromatic nitrogens is 1. The van der Waals surface area contributed by atoms with Gasteiger partial charge in [-0.25, -0.2) is 4.98 Å². The van der Waals surface area contributed by atoms with E-state index in [-0.39, 0.29) is 12.0 Å². The second-order valence-electron chi connectivity index (χ2n) is 5.12. The number of nitrogens with zero attached hydrogens (tertiary/aromatic N) is 1. The highest BCUT2D eigenvalue weighted by Gasteiger charge is 2.21. The minimum Gasteiger partial charge on any atom is -0.376 e. The van der Waals surface area contributed by atoms with Crippen LogP contribution in [0.1, 0.15) is 28.3 Å². The van der Waals surface area contributed by atoms with Crippen molar-refractivity contribution < 1.29 is 9.53 Å². The van der Waals surface area contributed by atoms with E-state index in [1.165, 1.54) is 0 Å². The molecule has 1 N–H and O–H groups in total. The molecule has 1 aliphatic heterocycles. The predicted octanol–water partition coefficient (Wildman–Crippen LogP) is 3.03. The zero-order chi connectivity index (χ0) is 14.7. The van der Waals surface area contributed by atoms with Crippen LogP contribution in [0.2, 0.25) is 0 Å². The number of carbonyl (C=O) groups is 1. The molecule has 1 aliphatic rings. The minimum atomic E-state index is -0.117. The Labute approximate surface area is 128 Å². The predicted molar refractivity (Wildman–Crippen MR) is 83.6 cm³/mol. The van der Waals surface area contributed by atoms with Crippen molar-refractivity contribution in [2.75, 3.05) is 13.2 Å². The lowest BCUT2D eigenvalue weighted by molar-refractivity contribution is 0.0854. The van der Waals surface area contributed by atoms with Crippen molar-refractivity contribution in [1.29, 1.82) is 0 Å². The van der Waals surface area contributed by atoms with Crippen LogP contribution < -0.4 is 5.32 Å². The molecule has 0 radical (unpaired) electrons. The lowest BCUT2D eigenvalue weighted by Gasteiger charge is -2.10. The molecule has 1 atom stereocenters. The van der Waals surface area contributed by atoms with E-state index in [4.69, 9.17) is 4.74 Å². The van der Waals surface area contributed by atoms with E-state index >= 15 is 0 Å². The molecule has 110 valence electrons. The summed E-state index contributed by atoms with van der Waals surface area (Å²) in [7, 11) is 0. The monoisotopic (exact) mass is 302 g/mol. The van der Waals surface area contributed by atoms with Crippen LogP contribution in [-0.4, -0.2) is 30.1 Å². The van der Waals surface area contributed by atoms with E-state index in [0.29, 0.717) is 12.2 Å². The summed E-state index contributed by atoms with van der Waals surface area (Å²) in [4.78, 5) is 17.7. The summed E-state index contributed by atoms with van der Waals surface area (Å²) in [5.74, 6) is -0.117. The largest absolute Gasteiger partial charge is 0.376 e. The fraction of sp³-hybridized carbons (Fsp3) is 0.375. The number of aryl methyl sites for hydroxylation is 1. The van der Waals surface area contributed by atoms with Gasteiger partial charge in [-0.2, -0.15) is 0 Å². The molecule has 2 aromatic rings. The molecule has 1 aromatic carbocycles. The Bertz CT molecular complexity index is 618. The summed E-state index contributed by atoms with van der Waals surface area (Å²) in [6.45, 7) is 3.28. The Kier molecular flexibility index (Phi) is 4.31. The molecule has 1 aromatic heterocycles. The maximum absolute atomic E-state index is 12.4. The third-order valence-corrected chi connectivity index (χ3v) is 4.52. The fourth-order valence-corrected chi connectivity index (χ4v) is 3.38. The molecule has 3 rings (SSSR count). The first-order valence-electron chi connectivity index (χ1n) is 7.16. The number of amides is 1. The van der Waals surface area contributed by atoms with E-state index < -0.39 is 0 Å². The standard InChI is InChI=1S/C16H18N2O2S/c1-11-18-14(15(21-11)12-6-3-2-4-7-12)16(19)17-10-13-8-5-9-20-13/h2-4,6-7,13H,5,8-10H2,1H3,(H,17,19). The summed E-state index contributed by atoms with van der Waals surface area (Å²) in [6, 6.07) is 9.92. The van der Waals surface area contributed by atoms with Crippen molar-refractivity contribution >= 4 is 17.2 Å². The van der Waals surface area contributed by atoms with Crippen LogP contribution in [0, 0.1) is 6.92 Å². The Hall–Kier alpha value is -1.72. The summed E-state index contributed by atoms with van der Waals surface area (Å²) < 4.78 is 5.53. The lowest BCUT2D eigenvalue weighted by Crippen LogP contribution is -2.32. The normalized spacial score (nSPS) is 17.9. The smallest absolute Gasteiger partial charge is 0.271 e. The molecule has 0 bridgehead atoms. The van der Waals surface area contributed by atoms with E-state index in [0.717, 1.165) is 34.9 Å². The Morgan fingerprint density at radius 3 is 2.95 bits per heavy atom. The molecule has 1 amide bonds. The zero-order valence-corrected chi connectivity index (χ0v) is 12.8. The molecule has 1 saturated heterocycles. The van der Waals surface area contributed by atoms with Gasteiger partial charge in [0.25, 0.3) is 5.91 Å². The van der Waals surface area contributed by atoms with Crippen molar-refractivity contribution in [3.63, 3.8) is 0 Å². The average molecular weight is 302 g/mol. The summed E-state index contributed by atoms with van der Waals surface area (Å²) in [6.07, 6.45) is 2.24. The Morgan fingerprint density at radius 2 is 2.24 bits per heavy atom. The van der Waals surface area contributed by atoms with Gasteiger partial charge in [-0.15, -0.1) is 11.3 Å². The van der Waals surface area contributed by atoms with Gasteiger partial charge in [0.1, 0.15) is 5.69 Å². The SMILES string of the molecule is Cc1nc(C(=O)NCC2CCCO2)c(-c2ccccc2)s1. The average Bonchev–Trinajstić information content (AvgIpc) is 3.15. The molecule has 4 nitrogen and oxygen atoms in total. The number of ether oxygens (including phenoxy) is 1. The van der Waals surface area contributed by atoms with Crippen LogP contribution in [0.3, 0.4) is 0 Å². The van der Waals surface area contributed by atoms with Crippen LogP contribution in [0.4, 0.5) is 0 Å². The molecule has 21 heavy (non-hydrogen) atoms. The Morgan fingerprint density at radius 1 is 1.43 bits per heavy atom. The van der Waals surface area contributed by atoms with Gasteiger partial charge >= 0.3 is 0 Å². The third-order valence-electron chi connectivity index (χ3n) is 3.50. The van der Waals surface area contributed by atoms with Crippen molar-refractivity contribution in [2.45, 2.75) is 25.9 Å². The molecule has 0 aliphatic carbocycles. The van der Waals surface area contributed by atoms with Crippen molar-refractivity contribution in [2.24, 2.45) is 0 Å². The third kappa shape index (κ3) is 3.31. The first-order chi connectivity index (χ1) is 10.2. The van der Waals surface area contributed by atoms with E-state index in [9.17, 15) is 4.79 Å². The molecule has 1 unspecified atom stereocenters. The van der Waals surface area contributed by atoms with Gasteiger partial charge in [0.15, 0.2) is 0 Å². The highest BCUT2D eigenvalue weighted by atomic mass is 32.1. The van der Waals surface area contributed by atoms with Gasteiger partial charge in [-0.05, 0) is 25.3 Å². The topological polar surface area (TPSA) is 51.2 Å². The number of hydrogen-bond acceptors (Lipinski definition) is 4. The highest BCUT2D eigenvalue weighted by molar-refractivity contribution is 7.15. The van der Waals surface area contributed by atoms with E-state index in [1.807, 2.05) is 37.3 Å². The first-order valence-corrected chi connectivity index (χ1v) is 7.98. The van der Waals surface area contributed by atoms with Gasteiger partial charge in [0.05, 0.1) is 16.0 Å². The number of benzene rings is 1. The number of thiazole rings is 1. The van der Waals surface area contributed by atoms with Crippen LogP contribution >= 0.6 is 11.3 Å². The molecule has 0 saturated carbocycles. The van der Waals surface area contributed by atoms with E-state index in [1.54, 1.807) is 11.3 Å². The highest BCUT2D eigenvalue weighted by Crippen LogP contribution is 2.29. The lowest BCUT2D eigenvalue weighted by atomic mass is 10.1. The van der Waals surface area contributed by atoms with Crippen molar-refractivity contribution in [3.05, 3.63) is 41.0 Å². The molecule has 5 heteroatoms. The summed E-state index contributed by atoms with van der Waals surface area (Å²) in [5.41, 5.74) is 1.55. The van der Waals surface area contributed by atoms with Crippen molar-refractivity contribution in [1.82, 2.24) is 10.3 Å². The van der Waals surface area contributed by atoms with Crippen molar-refractivity contribution in [3.8, 4) is 10.4 Å². The van der Waals surface area contributed by atoms with Gasteiger partial charge in [0, 0.05) is 13.2 Å². The molecule has 2 heterocycles. The Balaban J connectivity index is 1.76. The maximum atomic E-state index is 12.4. The van der Waals surface area contributed by atoms with Crippen LogP contribution in [0.25, 0.3) is 10.4 Å². The number of hydrogen-bond donors (Lipinski definition) is 1. The summed E-state index contributed by atoms with van der Waals surface area (Å²) in [5, 5.41) is 3.84. The van der Waals surface area contributed by atoms with Crippen LogP contribution in [0.5, 0.6) is 0 Å². The first kappa shape index (κ1) is 14.2. The second kappa shape index (κ2) is 6.37. The molecule has 1 fully saturated rings. The molecule has 0 spiro atoms. The van der Waals surface area contributed by atoms with E-state index in [2.05, 4.69) is 10.3 Å². The van der Waals surface area contributed by atoms with Gasteiger partial charge < -0.3 is 10.1 Å². The molecular formula is C16H18N2O2S. The van der Waals surface area contributed by atoms with Crippen LogP contribution in [0.15, 0.2) is 30.3 Å².